The molecule has 0 N–H and O–H groups in total. The monoisotopic (exact) mass is 470 g/mol. The Kier molecular flexibility index (Phi) is 5.68. The van der Waals surface area contributed by atoms with Gasteiger partial charge in [0.05, 0.1) is 9.75 Å². The molecular weight excluding hydrogens is 448 g/mol. The van der Waals surface area contributed by atoms with Gasteiger partial charge in [-0.25, -0.2) is 0 Å². The van der Waals surface area contributed by atoms with Gasteiger partial charge >= 0.3 is 0 Å². The summed E-state index contributed by atoms with van der Waals surface area (Å²) < 4.78 is 0. The summed E-state index contributed by atoms with van der Waals surface area (Å²) >= 11 is 3.78. The second-order valence-corrected chi connectivity index (χ2v) is 10.3. The zero-order valence-corrected chi connectivity index (χ0v) is 20.2. The summed E-state index contributed by atoms with van der Waals surface area (Å²) in [5, 5.41) is 0. The smallest absolute Gasteiger partial charge is 0.0534 e. The van der Waals surface area contributed by atoms with Crippen LogP contribution in [-0.2, 0) is 0 Å². The van der Waals surface area contributed by atoms with E-state index in [1.54, 1.807) is 0 Å². The molecule has 0 saturated carbocycles. The van der Waals surface area contributed by atoms with Gasteiger partial charge in [0, 0.05) is 20.9 Å². The Balaban J connectivity index is 1.61. The molecule has 0 aliphatic heterocycles. The SMILES string of the molecule is c1ccc(-c2cc(-c3ccccc3)c(-c3sc(-c4ccccc4)cc3-c3ccccc3)s2)cc1. The van der Waals surface area contributed by atoms with Crippen LogP contribution in [0, 0.1) is 0 Å². The normalized spacial score (nSPS) is 10.9. The predicted octanol–water partition coefficient (Wildman–Crippen LogP) is 10.1. The van der Waals surface area contributed by atoms with E-state index >= 15 is 0 Å². The third-order valence-corrected chi connectivity index (χ3v) is 8.49. The summed E-state index contributed by atoms with van der Waals surface area (Å²) in [5.74, 6) is 0. The first-order chi connectivity index (χ1) is 16.9. The van der Waals surface area contributed by atoms with E-state index in [4.69, 9.17) is 0 Å². The largest absolute Gasteiger partial charge is 0.134 e. The molecule has 0 spiro atoms. The van der Waals surface area contributed by atoms with Crippen molar-refractivity contribution in [3.63, 3.8) is 0 Å². The molecule has 0 radical (unpaired) electrons. The lowest BCUT2D eigenvalue weighted by molar-refractivity contribution is 1.65. The topological polar surface area (TPSA) is 0 Å². The van der Waals surface area contributed by atoms with Gasteiger partial charge in [0.2, 0.25) is 0 Å². The number of benzene rings is 4. The first-order valence-corrected chi connectivity index (χ1v) is 13.0. The van der Waals surface area contributed by atoms with Crippen LogP contribution in [0.2, 0.25) is 0 Å². The van der Waals surface area contributed by atoms with Crippen molar-refractivity contribution in [3.8, 4) is 52.9 Å². The summed E-state index contributed by atoms with van der Waals surface area (Å²) in [6.07, 6.45) is 0. The van der Waals surface area contributed by atoms with Crippen molar-refractivity contribution < 1.29 is 0 Å². The minimum absolute atomic E-state index is 1.25. The molecule has 0 aliphatic carbocycles. The second kappa shape index (κ2) is 9.26. The van der Waals surface area contributed by atoms with Crippen molar-refractivity contribution in [3.05, 3.63) is 133 Å². The van der Waals surface area contributed by atoms with E-state index < -0.39 is 0 Å². The highest BCUT2D eigenvalue weighted by Crippen LogP contribution is 2.51. The Hall–Kier alpha value is -3.72. The van der Waals surface area contributed by atoms with E-state index in [9.17, 15) is 0 Å². The molecule has 2 heterocycles. The summed E-state index contributed by atoms with van der Waals surface area (Å²) in [6, 6.07) is 47.7. The van der Waals surface area contributed by atoms with Crippen molar-refractivity contribution >= 4 is 22.7 Å². The van der Waals surface area contributed by atoms with Crippen LogP contribution in [0.1, 0.15) is 0 Å². The molecule has 6 rings (SSSR count). The Morgan fingerprint density at radius 3 is 0.941 bits per heavy atom. The van der Waals surface area contributed by atoms with Crippen molar-refractivity contribution in [1.82, 2.24) is 0 Å². The van der Waals surface area contributed by atoms with Gasteiger partial charge in [0.15, 0.2) is 0 Å². The molecule has 2 aromatic heterocycles. The van der Waals surface area contributed by atoms with Crippen LogP contribution in [0.15, 0.2) is 133 Å². The average Bonchev–Trinajstić information content (AvgIpc) is 3.56. The zero-order valence-electron chi connectivity index (χ0n) is 18.5. The number of hydrogen-bond donors (Lipinski definition) is 0. The third-order valence-electron chi connectivity index (χ3n) is 5.96. The summed E-state index contributed by atoms with van der Waals surface area (Å²) in [6.45, 7) is 0. The molecule has 0 saturated heterocycles. The summed E-state index contributed by atoms with van der Waals surface area (Å²) in [5.41, 5.74) is 7.62. The quantitative estimate of drug-likeness (QED) is 0.235. The van der Waals surface area contributed by atoms with Crippen molar-refractivity contribution in [2.24, 2.45) is 0 Å². The molecule has 0 unspecified atom stereocenters. The van der Waals surface area contributed by atoms with E-state index in [0.29, 0.717) is 0 Å². The van der Waals surface area contributed by atoms with Crippen molar-refractivity contribution in [2.45, 2.75) is 0 Å². The lowest BCUT2D eigenvalue weighted by Crippen LogP contribution is -1.80. The second-order valence-electron chi connectivity index (χ2n) is 8.17. The Labute approximate surface area is 208 Å². The number of hydrogen-bond acceptors (Lipinski definition) is 2. The van der Waals surface area contributed by atoms with Gasteiger partial charge in [-0.15, -0.1) is 22.7 Å². The highest BCUT2D eigenvalue weighted by Gasteiger charge is 2.21. The minimum atomic E-state index is 1.25. The van der Waals surface area contributed by atoms with Gasteiger partial charge < -0.3 is 0 Å². The maximum atomic E-state index is 2.36. The van der Waals surface area contributed by atoms with Crippen LogP contribution in [0.25, 0.3) is 52.9 Å². The molecule has 34 heavy (non-hydrogen) atoms. The fourth-order valence-electron chi connectivity index (χ4n) is 4.27. The van der Waals surface area contributed by atoms with Crippen LogP contribution in [-0.4, -0.2) is 0 Å². The van der Waals surface area contributed by atoms with Gasteiger partial charge in [0.25, 0.3) is 0 Å². The molecule has 0 aliphatic rings. The fourth-order valence-corrected chi connectivity index (χ4v) is 6.80. The van der Waals surface area contributed by atoms with Crippen LogP contribution in [0.3, 0.4) is 0 Å². The molecule has 0 atom stereocenters. The van der Waals surface area contributed by atoms with E-state index in [-0.39, 0.29) is 0 Å². The van der Waals surface area contributed by atoms with E-state index in [2.05, 4.69) is 133 Å². The minimum Gasteiger partial charge on any atom is -0.134 e. The molecule has 6 aromatic rings. The Morgan fingerprint density at radius 2 is 0.618 bits per heavy atom. The molecule has 0 fully saturated rings. The Bertz CT molecular complexity index is 1390. The maximum Gasteiger partial charge on any atom is 0.0534 e. The van der Waals surface area contributed by atoms with E-state index in [0.717, 1.165) is 0 Å². The average molecular weight is 471 g/mol. The van der Waals surface area contributed by atoms with Crippen LogP contribution >= 0.6 is 22.7 Å². The van der Waals surface area contributed by atoms with Crippen LogP contribution in [0.5, 0.6) is 0 Å². The van der Waals surface area contributed by atoms with Crippen LogP contribution in [0.4, 0.5) is 0 Å². The van der Waals surface area contributed by atoms with Gasteiger partial charge in [0.1, 0.15) is 0 Å². The molecular formula is C32H22S2. The maximum absolute atomic E-state index is 2.36. The van der Waals surface area contributed by atoms with Crippen molar-refractivity contribution in [2.75, 3.05) is 0 Å². The highest BCUT2D eigenvalue weighted by molar-refractivity contribution is 7.26. The first-order valence-electron chi connectivity index (χ1n) is 11.4. The molecule has 2 heteroatoms. The lowest BCUT2D eigenvalue weighted by atomic mass is 10.00. The number of thiophene rings is 2. The first kappa shape index (κ1) is 20.9. The number of rotatable bonds is 5. The molecule has 162 valence electrons. The standard InChI is InChI=1S/C32H22S2/c1-5-13-23(14-6-1)27-21-29(25-17-9-3-10-18-25)33-31(27)32-28(24-15-7-2-8-16-24)22-30(34-32)26-19-11-4-12-20-26/h1-22H. The predicted molar refractivity (Wildman–Crippen MR) is 149 cm³/mol. The van der Waals surface area contributed by atoms with E-state index in [1.807, 2.05) is 22.7 Å². The lowest BCUT2D eigenvalue weighted by Gasteiger charge is -2.06. The zero-order chi connectivity index (χ0) is 22.7. The highest BCUT2D eigenvalue weighted by atomic mass is 32.1. The fraction of sp³-hybridized carbons (Fsp3) is 0. The van der Waals surface area contributed by atoms with Gasteiger partial charge in [-0.3, -0.25) is 0 Å². The molecule has 0 nitrogen and oxygen atoms in total. The summed E-state index contributed by atoms with van der Waals surface area (Å²) in [7, 11) is 0. The third kappa shape index (κ3) is 4.03. The molecule has 4 aromatic carbocycles. The molecule has 0 amide bonds. The van der Waals surface area contributed by atoms with Crippen molar-refractivity contribution in [1.29, 1.82) is 0 Å². The van der Waals surface area contributed by atoms with Gasteiger partial charge in [-0.2, -0.15) is 0 Å². The summed E-state index contributed by atoms with van der Waals surface area (Å²) in [4.78, 5) is 5.25. The molecule has 0 bridgehead atoms. The van der Waals surface area contributed by atoms with E-state index in [1.165, 1.54) is 52.9 Å². The van der Waals surface area contributed by atoms with Gasteiger partial charge in [-0.1, -0.05) is 121 Å². The van der Waals surface area contributed by atoms with Crippen LogP contribution < -0.4 is 0 Å². The van der Waals surface area contributed by atoms with Gasteiger partial charge in [-0.05, 0) is 34.4 Å². The Morgan fingerprint density at radius 1 is 0.324 bits per heavy atom.